The van der Waals surface area contributed by atoms with Crippen LogP contribution in [0.25, 0.3) is 0 Å². The summed E-state index contributed by atoms with van der Waals surface area (Å²) in [4.78, 5) is 0. The first-order valence-corrected chi connectivity index (χ1v) is 32.9. The Bertz CT molecular complexity index is 1290. The van der Waals surface area contributed by atoms with Gasteiger partial charge in [0, 0.05) is 67.9 Å². The molecule has 0 aromatic carbocycles. The van der Waals surface area contributed by atoms with Crippen LogP contribution in [0.15, 0.2) is 0 Å². The molecule has 0 saturated carbocycles. The van der Waals surface area contributed by atoms with Crippen LogP contribution in [-0.4, -0.2) is 369 Å². The van der Waals surface area contributed by atoms with Gasteiger partial charge in [-0.1, -0.05) is 79.7 Å². The number of aliphatic hydroxyl groups excluding tert-OH is 16. The van der Waals surface area contributed by atoms with Crippen LogP contribution >= 0.6 is 0 Å². The lowest BCUT2D eigenvalue weighted by Crippen LogP contribution is -2.39. The van der Waals surface area contributed by atoms with Crippen LogP contribution < -0.4 is 0 Å². The highest BCUT2D eigenvalue weighted by atomic mass is 16.6. The van der Waals surface area contributed by atoms with Gasteiger partial charge >= 0.3 is 0 Å². The van der Waals surface area contributed by atoms with Crippen molar-refractivity contribution in [1.82, 2.24) is 0 Å². The zero-order valence-electron chi connectivity index (χ0n) is 58.9. The number of ether oxygens (including phenoxy) is 14. The molecule has 0 heterocycles. The molecule has 7 atom stereocenters. The van der Waals surface area contributed by atoms with Crippen LogP contribution in [-0.2, 0) is 66.3 Å². The van der Waals surface area contributed by atoms with Gasteiger partial charge in [-0.3, -0.25) is 0 Å². The summed E-state index contributed by atoms with van der Waals surface area (Å²) in [6.45, 7) is 30.6. The van der Waals surface area contributed by atoms with Crippen molar-refractivity contribution in [2.24, 2.45) is 21.7 Å². The molecule has 0 aromatic heterocycles. The first kappa shape index (κ1) is 128. The van der Waals surface area contributed by atoms with Crippen molar-refractivity contribution in [2.45, 2.75) is 197 Å². The van der Waals surface area contributed by atoms with Crippen molar-refractivity contribution in [2.75, 3.05) is 244 Å². The summed E-state index contributed by atoms with van der Waals surface area (Å²) in [5.41, 5.74) is -1.39. The Morgan fingerprint density at radius 3 is 0.490 bits per heavy atom. The average molecular weight is 1490 g/mol. The lowest BCUT2D eigenvalue weighted by molar-refractivity contribution is -0.107. The van der Waals surface area contributed by atoms with Crippen molar-refractivity contribution in [3.05, 3.63) is 0 Å². The van der Waals surface area contributed by atoms with E-state index in [2.05, 4.69) is 6.92 Å². The fourth-order valence-corrected chi connectivity index (χ4v) is 6.74. The van der Waals surface area contributed by atoms with Gasteiger partial charge in [-0.2, -0.15) is 0 Å². The fraction of sp³-hybridized carbons (Fsp3) is 1.00. The molecule has 0 rings (SSSR count). The number of aliphatic hydroxyl groups is 16. The average Bonchev–Trinajstić information content (AvgIpc) is 0.917. The van der Waals surface area contributed by atoms with E-state index in [0.29, 0.717) is 39.3 Å². The maximum Gasteiger partial charge on any atom is 0.100 e. The van der Waals surface area contributed by atoms with Crippen LogP contribution in [0.1, 0.15) is 154 Å². The van der Waals surface area contributed by atoms with Crippen molar-refractivity contribution in [3.8, 4) is 0 Å². The third kappa shape index (κ3) is 80.9. The molecule has 0 bridgehead atoms. The summed E-state index contributed by atoms with van der Waals surface area (Å²) in [5, 5.41) is 143. The standard InChI is InChI=1S/C15H32O9.C12H26O7.C12H26O3.C10H22O3.C8H18O6.C6H14O2.7CH4/c1-2-15(9-22-6-12(19)3-16,10-23-7-13(20)4-17)11-24-8-14(21)5-18;1-2-12(7-15,8-18-5-10(16)3-13)9-19-6-11(17)4-14;1-5-12(9-13-6-2,10-14-7-3)11-15-8-4;1-4-10(7-11,8-12-5-2)9-13-6-3;9-3-7(11)5-13-1-2-14-6-8(12)4-10;1-3-7-5-6-8-4-2;;;;;;;/h12-14,16-21H,2-11H2,1H3;10-11,13-17H,2-9H2,1H3;5-11H2,1-4H3;11H,4-9H2,1-3H3;7-12H,1-6H2;3-6H2,1-2H3;7*1H4. The molecule has 0 aromatic rings. The summed E-state index contributed by atoms with van der Waals surface area (Å²) in [6, 6.07) is 0. The van der Waals surface area contributed by atoms with Gasteiger partial charge in [0.1, 0.15) is 42.7 Å². The number of rotatable bonds is 60. The van der Waals surface area contributed by atoms with Crippen LogP contribution in [0.4, 0.5) is 0 Å². The second-order valence-corrected chi connectivity index (χ2v) is 21.9. The minimum absolute atomic E-state index is 0. The van der Waals surface area contributed by atoms with Gasteiger partial charge in [0.05, 0.1) is 198 Å². The molecule has 0 amide bonds. The monoisotopic (exact) mass is 1490 g/mol. The number of hydrogen-bond donors (Lipinski definition) is 16. The molecule has 0 aliphatic carbocycles. The van der Waals surface area contributed by atoms with Crippen molar-refractivity contribution in [1.29, 1.82) is 0 Å². The highest BCUT2D eigenvalue weighted by Gasteiger charge is 2.33. The number of hydrogen-bond acceptors (Lipinski definition) is 30. The molecule has 16 N–H and O–H groups in total. The molecular formula is C70H166O30. The van der Waals surface area contributed by atoms with Crippen LogP contribution in [0.2, 0.25) is 0 Å². The first-order valence-electron chi connectivity index (χ1n) is 32.9. The molecule has 0 saturated heterocycles. The van der Waals surface area contributed by atoms with E-state index in [1.165, 1.54) is 0 Å². The normalized spacial score (nSPS) is 14.1. The maximum atomic E-state index is 9.44. The highest BCUT2D eigenvalue weighted by molar-refractivity contribution is 4.80. The molecule has 0 aliphatic heterocycles. The largest absolute Gasteiger partial charge is 0.396 e. The smallest absolute Gasteiger partial charge is 0.100 e. The second-order valence-electron chi connectivity index (χ2n) is 21.9. The van der Waals surface area contributed by atoms with E-state index in [1.54, 1.807) is 0 Å². The highest BCUT2D eigenvalue weighted by Crippen LogP contribution is 2.26. The second kappa shape index (κ2) is 93.9. The molecule has 30 heteroatoms. The predicted molar refractivity (Wildman–Crippen MR) is 395 cm³/mol. The molecule has 0 fully saturated rings. The molecule has 626 valence electrons. The fourth-order valence-electron chi connectivity index (χ4n) is 6.74. The SMILES string of the molecule is C.C.C.C.C.C.C.CCC(CO)(COCC(O)CO)COCC(O)CO.CCC(COCC(O)CO)(COCC(O)CO)COCC(O)CO.CCOCC(CC)(CO)COCC.CCOCC(CC)(COCC)COCC.CCOCCOCC.OCC(O)COCCOCC(O)CO. The summed E-state index contributed by atoms with van der Waals surface area (Å²) in [5.74, 6) is 0. The third-order valence-corrected chi connectivity index (χ3v) is 13.6. The molecule has 0 radical (unpaired) electrons. The Morgan fingerprint density at radius 2 is 0.340 bits per heavy atom. The van der Waals surface area contributed by atoms with Crippen LogP contribution in [0.5, 0.6) is 0 Å². The van der Waals surface area contributed by atoms with Gasteiger partial charge in [-0.25, -0.2) is 0 Å². The summed E-state index contributed by atoms with van der Waals surface area (Å²) >= 11 is 0. The zero-order chi connectivity index (χ0) is 71.9. The molecule has 0 aliphatic rings. The lowest BCUT2D eigenvalue weighted by atomic mass is 9.88. The topological polar surface area (TPSA) is 453 Å². The minimum atomic E-state index is -0.978. The molecule has 100 heavy (non-hydrogen) atoms. The Morgan fingerprint density at radius 1 is 0.200 bits per heavy atom. The van der Waals surface area contributed by atoms with Gasteiger partial charge in [-0.05, 0) is 74.1 Å². The van der Waals surface area contributed by atoms with E-state index in [9.17, 15) is 25.5 Å². The van der Waals surface area contributed by atoms with E-state index in [0.717, 1.165) is 78.9 Å². The molecule has 0 spiro atoms. The molecular weight excluding hydrogens is 1320 g/mol. The van der Waals surface area contributed by atoms with Gasteiger partial charge in [0.25, 0.3) is 0 Å². The Balaban J connectivity index is -0.0000000834. The minimum Gasteiger partial charge on any atom is -0.396 e. The summed E-state index contributed by atoms with van der Waals surface area (Å²) in [7, 11) is 0. The van der Waals surface area contributed by atoms with Crippen LogP contribution in [0.3, 0.4) is 0 Å². The first-order chi connectivity index (χ1) is 44.6. The van der Waals surface area contributed by atoms with Crippen molar-refractivity contribution >= 4 is 0 Å². The zero-order valence-corrected chi connectivity index (χ0v) is 58.9. The maximum absolute atomic E-state index is 9.44. The Hall–Kier alpha value is -1.20. The summed E-state index contributed by atoms with van der Waals surface area (Å²) < 4.78 is 73.9. The van der Waals surface area contributed by atoms with E-state index in [-0.39, 0.29) is 195 Å². The third-order valence-electron chi connectivity index (χ3n) is 13.6. The molecule has 30 nitrogen and oxygen atoms in total. The van der Waals surface area contributed by atoms with Gasteiger partial charge in [0.15, 0.2) is 0 Å². The Labute approximate surface area is 608 Å². The molecule has 7 unspecified atom stereocenters. The van der Waals surface area contributed by atoms with Gasteiger partial charge in [-0.15, -0.1) is 0 Å². The quantitative estimate of drug-likeness (QED) is 0.0389. The lowest BCUT2D eigenvalue weighted by Gasteiger charge is -2.33. The van der Waals surface area contributed by atoms with E-state index >= 15 is 0 Å². The van der Waals surface area contributed by atoms with E-state index < -0.39 is 73.4 Å². The van der Waals surface area contributed by atoms with E-state index in [4.69, 9.17) is 122 Å². The van der Waals surface area contributed by atoms with Gasteiger partial charge in [0.2, 0.25) is 0 Å². The van der Waals surface area contributed by atoms with Crippen molar-refractivity contribution in [3.63, 3.8) is 0 Å². The van der Waals surface area contributed by atoms with Crippen molar-refractivity contribution < 1.29 is 148 Å². The van der Waals surface area contributed by atoms with E-state index in [1.807, 2.05) is 69.2 Å². The Kier molecular flexibility index (Phi) is 121. The summed E-state index contributed by atoms with van der Waals surface area (Å²) in [6.07, 6.45) is -3.46. The van der Waals surface area contributed by atoms with Gasteiger partial charge < -0.3 is 148 Å². The van der Waals surface area contributed by atoms with Crippen LogP contribution in [0, 0.1) is 21.7 Å². The predicted octanol–water partition coefficient (Wildman–Crippen LogP) is 2.79.